The molecule has 0 unspecified atom stereocenters. The number of carbonyl (C=O) groups is 2. The van der Waals surface area contributed by atoms with Crippen molar-refractivity contribution in [2.75, 3.05) is 6.54 Å². The molecule has 7 heteroatoms. The molecule has 1 aromatic heterocycles. The molecule has 3 aromatic rings. The molecule has 0 radical (unpaired) electrons. The van der Waals surface area contributed by atoms with E-state index in [0.717, 1.165) is 38.3 Å². The minimum absolute atomic E-state index is 0.00184. The molecule has 2 aliphatic rings. The molecular formula is C25H24BrN3O2S. The van der Waals surface area contributed by atoms with E-state index in [2.05, 4.69) is 45.3 Å². The van der Waals surface area contributed by atoms with Crippen molar-refractivity contribution < 1.29 is 9.59 Å². The minimum Gasteiger partial charge on any atom is -0.350 e. The van der Waals surface area contributed by atoms with Gasteiger partial charge in [0.25, 0.3) is 11.8 Å². The molecule has 164 valence electrons. The van der Waals surface area contributed by atoms with Gasteiger partial charge >= 0.3 is 0 Å². The zero-order valence-corrected chi connectivity index (χ0v) is 20.4. The van der Waals surface area contributed by atoms with E-state index >= 15 is 0 Å². The Morgan fingerprint density at radius 3 is 2.69 bits per heavy atom. The van der Waals surface area contributed by atoms with Gasteiger partial charge in [-0.1, -0.05) is 45.8 Å². The zero-order valence-electron chi connectivity index (χ0n) is 18.0. The average molecular weight is 510 g/mol. The predicted molar refractivity (Wildman–Crippen MR) is 130 cm³/mol. The summed E-state index contributed by atoms with van der Waals surface area (Å²) in [5.41, 5.74) is 3.34. The maximum Gasteiger partial charge on any atom is 0.274 e. The minimum atomic E-state index is -0.115. The normalized spacial score (nSPS) is 21.3. The number of fused-ring (bicyclic) bond motifs is 1. The number of amides is 2. The van der Waals surface area contributed by atoms with Crippen LogP contribution in [0.25, 0.3) is 10.4 Å². The third kappa shape index (κ3) is 4.11. The Bertz CT molecular complexity index is 1190. The standard InChI is InChI=1S/C25H24BrN3O2S/c1-14-4-3-5-17(10-14)23-22(28-15(2)32-23)25(31)29-20(11-18-12-21(18)29)13-27-24(30)16-6-8-19(26)9-7-16/h3-10,18,20-21H,11-13H2,1-2H3,(H,27,30)/t18-,20+,21+/m1/s1. The number of piperidine rings is 1. The molecule has 0 bridgehead atoms. The third-order valence-electron chi connectivity index (χ3n) is 6.27. The molecule has 5 nitrogen and oxygen atoms in total. The van der Waals surface area contributed by atoms with Gasteiger partial charge in [-0.15, -0.1) is 11.3 Å². The van der Waals surface area contributed by atoms with Crippen LogP contribution < -0.4 is 5.32 Å². The average Bonchev–Trinajstić information content (AvgIpc) is 3.26. The molecule has 1 saturated carbocycles. The van der Waals surface area contributed by atoms with E-state index in [1.54, 1.807) is 23.5 Å². The van der Waals surface area contributed by atoms with Crippen molar-refractivity contribution in [1.82, 2.24) is 15.2 Å². The number of benzene rings is 2. The highest BCUT2D eigenvalue weighted by Crippen LogP contribution is 2.48. The number of thiazole rings is 1. The highest BCUT2D eigenvalue weighted by atomic mass is 79.9. The SMILES string of the molecule is Cc1cccc(-c2sc(C)nc2C(=O)N2[C@H](CNC(=O)c3ccc(Br)cc3)C[C@@H]3C[C@@H]32)c1. The van der Waals surface area contributed by atoms with Crippen LogP contribution in [0.15, 0.2) is 53.0 Å². The van der Waals surface area contributed by atoms with Gasteiger partial charge in [0.15, 0.2) is 0 Å². The van der Waals surface area contributed by atoms with Crippen LogP contribution in [0, 0.1) is 19.8 Å². The van der Waals surface area contributed by atoms with Gasteiger partial charge in [-0.3, -0.25) is 9.59 Å². The zero-order chi connectivity index (χ0) is 22.4. The second-order valence-corrected chi connectivity index (χ2v) is 10.8. The first-order valence-corrected chi connectivity index (χ1v) is 12.4. The quantitative estimate of drug-likeness (QED) is 0.512. The highest BCUT2D eigenvalue weighted by molar-refractivity contribution is 9.10. The Labute approximate surface area is 200 Å². The topological polar surface area (TPSA) is 62.3 Å². The van der Waals surface area contributed by atoms with E-state index in [1.807, 2.05) is 36.1 Å². The molecule has 2 amide bonds. The van der Waals surface area contributed by atoms with E-state index in [0.29, 0.717) is 23.7 Å². The molecular weight excluding hydrogens is 486 g/mol. The largest absolute Gasteiger partial charge is 0.350 e. The molecule has 1 aliphatic heterocycles. The van der Waals surface area contributed by atoms with Crippen molar-refractivity contribution in [3.63, 3.8) is 0 Å². The number of halogens is 1. The molecule has 32 heavy (non-hydrogen) atoms. The molecule has 2 heterocycles. The van der Waals surface area contributed by atoms with Crippen molar-refractivity contribution >= 4 is 39.1 Å². The maximum absolute atomic E-state index is 13.7. The second kappa shape index (κ2) is 8.45. The number of hydrogen-bond donors (Lipinski definition) is 1. The van der Waals surface area contributed by atoms with Crippen molar-refractivity contribution in [3.8, 4) is 10.4 Å². The first-order valence-electron chi connectivity index (χ1n) is 10.8. The lowest BCUT2D eigenvalue weighted by Gasteiger charge is -2.27. The summed E-state index contributed by atoms with van der Waals surface area (Å²) in [5.74, 6) is 0.407. The number of hydrogen-bond acceptors (Lipinski definition) is 4. The van der Waals surface area contributed by atoms with E-state index in [1.165, 1.54) is 0 Å². The molecule has 2 fully saturated rings. The fourth-order valence-corrected chi connectivity index (χ4v) is 5.82. The number of aryl methyl sites for hydroxylation is 2. The molecule has 0 spiro atoms. The van der Waals surface area contributed by atoms with Gasteiger partial charge in [-0.25, -0.2) is 4.98 Å². The lowest BCUT2D eigenvalue weighted by Crippen LogP contribution is -2.45. The van der Waals surface area contributed by atoms with Gasteiger partial charge in [0, 0.05) is 22.6 Å². The van der Waals surface area contributed by atoms with Crippen LogP contribution >= 0.6 is 27.3 Å². The van der Waals surface area contributed by atoms with Crippen LogP contribution in [-0.4, -0.2) is 40.3 Å². The van der Waals surface area contributed by atoms with Gasteiger partial charge in [0.2, 0.25) is 0 Å². The summed E-state index contributed by atoms with van der Waals surface area (Å²) in [5, 5.41) is 3.92. The highest BCUT2D eigenvalue weighted by Gasteiger charge is 2.54. The molecule has 1 saturated heterocycles. The Balaban J connectivity index is 1.35. The summed E-state index contributed by atoms with van der Waals surface area (Å²) < 4.78 is 0.935. The fourth-order valence-electron chi connectivity index (χ4n) is 4.65. The van der Waals surface area contributed by atoms with Gasteiger partial charge in [0.1, 0.15) is 5.69 Å². The Morgan fingerprint density at radius 2 is 1.94 bits per heavy atom. The molecule has 2 aromatic carbocycles. The number of rotatable bonds is 5. The van der Waals surface area contributed by atoms with Gasteiger partial charge in [0.05, 0.1) is 15.9 Å². The van der Waals surface area contributed by atoms with Crippen LogP contribution in [-0.2, 0) is 0 Å². The number of carbonyl (C=O) groups excluding carboxylic acids is 2. The summed E-state index contributed by atoms with van der Waals surface area (Å²) in [7, 11) is 0. The van der Waals surface area contributed by atoms with Crippen molar-refractivity contribution in [2.45, 2.75) is 38.8 Å². The van der Waals surface area contributed by atoms with E-state index in [4.69, 9.17) is 0 Å². The van der Waals surface area contributed by atoms with E-state index in [9.17, 15) is 9.59 Å². The van der Waals surface area contributed by atoms with Crippen molar-refractivity contribution in [2.24, 2.45) is 5.92 Å². The number of aromatic nitrogens is 1. The molecule has 1 aliphatic carbocycles. The Kier molecular flexibility index (Phi) is 5.63. The maximum atomic E-state index is 13.7. The molecule has 3 atom stereocenters. The number of likely N-dealkylation sites (tertiary alicyclic amines) is 1. The van der Waals surface area contributed by atoms with Crippen LogP contribution in [0.5, 0.6) is 0 Å². The van der Waals surface area contributed by atoms with Crippen molar-refractivity contribution in [1.29, 1.82) is 0 Å². The lowest BCUT2D eigenvalue weighted by atomic mass is 10.1. The Hall–Kier alpha value is -2.51. The van der Waals surface area contributed by atoms with Gasteiger partial charge in [-0.2, -0.15) is 0 Å². The Morgan fingerprint density at radius 1 is 1.16 bits per heavy atom. The molecule has 1 N–H and O–H groups in total. The smallest absolute Gasteiger partial charge is 0.274 e. The second-order valence-electron chi connectivity index (χ2n) is 8.66. The van der Waals surface area contributed by atoms with Crippen LogP contribution in [0.1, 0.15) is 44.3 Å². The van der Waals surface area contributed by atoms with Crippen molar-refractivity contribution in [3.05, 3.63) is 74.8 Å². The first kappa shape index (κ1) is 21.3. The summed E-state index contributed by atoms with van der Waals surface area (Å²) in [6.45, 7) is 4.45. The van der Waals surface area contributed by atoms with Crippen LogP contribution in [0.3, 0.4) is 0 Å². The monoisotopic (exact) mass is 509 g/mol. The lowest BCUT2D eigenvalue weighted by molar-refractivity contribution is 0.0684. The summed E-state index contributed by atoms with van der Waals surface area (Å²) in [6, 6.07) is 15.8. The van der Waals surface area contributed by atoms with Gasteiger partial charge < -0.3 is 10.2 Å². The van der Waals surface area contributed by atoms with E-state index < -0.39 is 0 Å². The first-order chi connectivity index (χ1) is 15.4. The van der Waals surface area contributed by atoms with Gasteiger partial charge in [-0.05, 0) is 62.4 Å². The fraction of sp³-hybridized carbons (Fsp3) is 0.320. The van der Waals surface area contributed by atoms with E-state index in [-0.39, 0.29) is 23.9 Å². The summed E-state index contributed by atoms with van der Waals surface area (Å²) in [6.07, 6.45) is 1.98. The molecule has 5 rings (SSSR count). The van der Waals surface area contributed by atoms with Crippen LogP contribution in [0.2, 0.25) is 0 Å². The summed E-state index contributed by atoms with van der Waals surface area (Å²) in [4.78, 5) is 33.8. The third-order valence-corrected chi connectivity index (χ3v) is 7.82. The number of nitrogens with one attached hydrogen (secondary N) is 1. The van der Waals surface area contributed by atoms with Crippen LogP contribution in [0.4, 0.5) is 0 Å². The predicted octanol–water partition coefficient (Wildman–Crippen LogP) is 5.22. The summed E-state index contributed by atoms with van der Waals surface area (Å²) >= 11 is 4.96. The number of nitrogens with zero attached hydrogens (tertiary/aromatic N) is 2.